The molecular formula is C10H7ClN2O. The Morgan fingerprint density at radius 1 is 1.43 bits per heavy atom. The quantitative estimate of drug-likeness (QED) is 0.605. The summed E-state index contributed by atoms with van der Waals surface area (Å²) in [5.74, 6) is -0.0840. The first-order valence-corrected chi connectivity index (χ1v) is 4.45. The number of carbonyl (C=O) groups excluding carboxylic acids is 1. The van der Waals surface area contributed by atoms with Crippen molar-refractivity contribution in [1.82, 2.24) is 9.97 Å². The third kappa shape index (κ3) is 1.67. The van der Waals surface area contributed by atoms with Crippen molar-refractivity contribution in [2.24, 2.45) is 0 Å². The number of halogens is 1. The number of aromatic amines is 1. The third-order valence-corrected chi connectivity index (χ3v) is 2.04. The number of H-pyrrole nitrogens is 1. The lowest BCUT2D eigenvalue weighted by Crippen LogP contribution is -2.01. The molecule has 14 heavy (non-hydrogen) atoms. The molecule has 0 saturated carbocycles. The van der Waals surface area contributed by atoms with Crippen LogP contribution in [0, 0.1) is 0 Å². The maximum Gasteiger partial charge on any atom is 0.209 e. The van der Waals surface area contributed by atoms with Crippen molar-refractivity contribution in [3.8, 4) is 0 Å². The standard InChI is InChI=1S/C10H7ClN2O/c11-9-6-7(3-5-13-9)10(14)8-2-1-4-12-8/h1-6,12H. The molecule has 2 aromatic heterocycles. The van der Waals surface area contributed by atoms with Crippen molar-refractivity contribution in [2.75, 3.05) is 0 Å². The summed E-state index contributed by atoms with van der Waals surface area (Å²) in [6, 6.07) is 6.67. The van der Waals surface area contributed by atoms with Crippen molar-refractivity contribution in [3.05, 3.63) is 53.1 Å². The summed E-state index contributed by atoms with van der Waals surface area (Å²) in [6.45, 7) is 0. The second-order valence-electron chi connectivity index (χ2n) is 2.78. The summed E-state index contributed by atoms with van der Waals surface area (Å²) in [5.41, 5.74) is 1.08. The van der Waals surface area contributed by atoms with Gasteiger partial charge in [-0.15, -0.1) is 0 Å². The van der Waals surface area contributed by atoms with Gasteiger partial charge in [-0.05, 0) is 24.3 Å². The molecule has 0 spiro atoms. The largest absolute Gasteiger partial charge is 0.359 e. The van der Waals surface area contributed by atoms with Gasteiger partial charge >= 0.3 is 0 Å². The lowest BCUT2D eigenvalue weighted by Gasteiger charge is -1.97. The van der Waals surface area contributed by atoms with Gasteiger partial charge in [0.15, 0.2) is 0 Å². The minimum Gasteiger partial charge on any atom is -0.359 e. The van der Waals surface area contributed by atoms with Crippen molar-refractivity contribution < 1.29 is 4.79 Å². The first kappa shape index (κ1) is 8.97. The summed E-state index contributed by atoms with van der Waals surface area (Å²) in [7, 11) is 0. The number of nitrogens with one attached hydrogen (secondary N) is 1. The Morgan fingerprint density at radius 2 is 2.29 bits per heavy atom. The smallest absolute Gasteiger partial charge is 0.209 e. The molecular weight excluding hydrogens is 200 g/mol. The predicted molar refractivity (Wildman–Crippen MR) is 53.5 cm³/mol. The van der Waals surface area contributed by atoms with E-state index >= 15 is 0 Å². The van der Waals surface area contributed by atoms with Crippen molar-refractivity contribution in [3.63, 3.8) is 0 Å². The molecule has 2 aromatic rings. The molecule has 0 unspecified atom stereocenters. The normalized spacial score (nSPS) is 10.1. The van der Waals surface area contributed by atoms with E-state index in [1.54, 1.807) is 30.5 Å². The average molecular weight is 207 g/mol. The maximum absolute atomic E-state index is 11.7. The van der Waals surface area contributed by atoms with Crippen LogP contribution < -0.4 is 0 Å². The van der Waals surface area contributed by atoms with E-state index < -0.39 is 0 Å². The third-order valence-electron chi connectivity index (χ3n) is 1.83. The second kappa shape index (κ2) is 3.64. The number of ketones is 1. The van der Waals surface area contributed by atoms with Gasteiger partial charge in [-0.3, -0.25) is 4.79 Å². The highest BCUT2D eigenvalue weighted by atomic mass is 35.5. The van der Waals surface area contributed by atoms with Crippen molar-refractivity contribution in [2.45, 2.75) is 0 Å². The van der Waals surface area contributed by atoms with Crippen LogP contribution in [0.15, 0.2) is 36.7 Å². The van der Waals surface area contributed by atoms with Gasteiger partial charge < -0.3 is 4.98 Å². The SMILES string of the molecule is O=C(c1ccnc(Cl)c1)c1ccc[nH]1. The van der Waals surface area contributed by atoms with Crippen LogP contribution in [-0.2, 0) is 0 Å². The summed E-state index contributed by atoms with van der Waals surface area (Å²) in [6.07, 6.45) is 3.22. The first-order chi connectivity index (χ1) is 6.77. The molecule has 0 bridgehead atoms. The Kier molecular flexibility index (Phi) is 2.33. The van der Waals surface area contributed by atoms with Crippen LogP contribution in [0.1, 0.15) is 16.1 Å². The van der Waals surface area contributed by atoms with Crippen LogP contribution in [0.3, 0.4) is 0 Å². The van der Waals surface area contributed by atoms with Gasteiger partial charge in [-0.1, -0.05) is 11.6 Å². The number of carbonyl (C=O) groups is 1. The van der Waals surface area contributed by atoms with E-state index in [0.29, 0.717) is 16.4 Å². The van der Waals surface area contributed by atoms with Crippen LogP contribution in [0.2, 0.25) is 5.15 Å². The van der Waals surface area contributed by atoms with Gasteiger partial charge in [0.2, 0.25) is 5.78 Å². The van der Waals surface area contributed by atoms with E-state index in [9.17, 15) is 4.79 Å². The molecule has 0 aliphatic carbocycles. The Morgan fingerprint density at radius 3 is 2.93 bits per heavy atom. The minimum absolute atomic E-state index is 0.0840. The van der Waals surface area contributed by atoms with Crippen LogP contribution in [0.4, 0.5) is 0 Å². The fourth-order valence-electron chi connectivity index (χ4n) is 1.17. The summed E-state index contributed by atoms with van der Waals surface area (Å²) < 4.78 is 0. The lowest BCUT2D eigenvalue weighted by molar-refractivity contribution is 0.103. The first-order valence-electron chi connectivity index (χ1n) is 4.07. The van der Waals surface area contributed by atoms with E-state index in [0.717, 1.165) is 0 Å². The maximum atomic E-state index is 11.7. The summed E-state index contributed by atoms with van der Waals surface area (Å²) >= 11 is 5.68. The van der Waals surface area contributed by atoms with Crippen molar-refractivity contribution in [1.29, 1.82) is 0 Å². The molecule has 2 heterocycles. The monoisotopic (exact) mass is 206 g/mol. The van der Waals surface area contributed by atoms with Gasteiger partial charge in [0, 0.05) is 18.0 Å². The number of rotatable bonds is 2. The van der Waals surface area contributed by atoms with Gasteiger partial charge in [0.05, 0.1) is 5.69 Å². The van der Waals surface area contributed by atoms with Crippen LogP contribution in [0.25, 0.3) is 0 Å². The molecule has 0 fully saturated rings. The Hall–Kier alpha value is -1.61. The van der Waals surface area contributed by atoms with E-state index in [-0.39, 0.29) is 5.78 Å². The zero-order valence-electron chi connectivity index (χ0n) is 7.20. The number of pyridine rings is 1. The highest BCUT2D eigenvalue weighted by Gasteiger charge is 2.09. The highest BCUT2D eigenvalue weighted by molar-refractivity contribution is 6.29. The molecule has 0 aliphatic rings. The van der Waals surface area contributed by atoms with Gasteiger partial charge in [0.1, 0.15) is 5.15 Å². The predicted octanol–water partition coefficient (Wildman–Crippen LogP) is 2.29. The van der Waals surface area contributed by atoms with Gasteiger partial charge in [-0.2, -0.15) is 0 Å². The van der Waals surface area contributed by atoms with Crippen molar-refractivity contribution >= 4 is 17.4 Å². The Balaban J connectivity index is 2.37. The molecule has 3 nitrogen and oxygen atoms in total. The fourth-order valence-corrected chi connectivity index (χ4v) is 1.34. The van der Waals surface area contributed by atoms with Crippen LogP contribution in [0.5, 0.6) is 0 Å². The fraction of sp³-hybridized carbons (Fsp3) is 0. The molecule has 2 rings (SSSR count). The number of hydrogen-bond donors (Lipinski definition) is 1. The molecule has 4 heteroatoms. The topological polar surface area (TPSA) is 45.8 Å². The molecule has 0 aromatic carbocycles. The van der Waals surface area contributed by atoms with E-state index in [1.165, 1.54) is 6.20 Å². The molecule has 0 radical (unpaired) electrons. The number of nitrogens with zero attached hydrogens (tertiary/aromatic N) is 1. The molecule has 70 valence electrons. The van der Waals surface area contributed by atoms with E-state index in [2.05, 4.69) is 9.97 Å². The zero-order chi connectivity index (χ0) is 9.97. The number of aromatic nitrogens is 2. The number of hydrogen-bond acceptors (Lipinski definition) is 2. The van der Waals surface area contributed by atoms with Gasteiger partial charge in [-0.25, -0.2) is 4.98 Å². The lowest BCUT2D eigenvalue weighted by atomic mass is 10.1. The summed E-state index contributed by atoms with van der Waals surface area (Å²) in [5, 5.41) is 0.322. The van der Waals surface area contributed by atoms with E-state index in [4.69, 9.17) is 11.6 Å². The average Bonchev–Trinajstić information content (AvgIpc) is 2.69. The summed E-state index contributed by atoms with van der Waals surface area (Å²) in [4.78, 5) is 18.4. The Labute approximate surface area is 85.7 Å². The molecule has 0 saturated heterocycles. The molecule has 0 aliphatic heterocycles. The van der Waals surface area contributed by atoms with E-state index in [1.807, 2.05) is 0 Å². The second-order valence-corrected chi connectivity index (χ2v) is 3.17. The molecule has 0 atom stereocenters. The van der Waals surface area contributed by atoms with Crippen LogP contribution >= 0.6 is 11.6 Å². The highest BCUT2D eigenvalue weighted by Crippen LogP contribution is 2.11. The van der Waals surface area contributed by atoms with Crippen LogP contribution in [-0.4, -0.2) is 15.8 Å². The zero-order valence-corrected chi connectivity index (χ0v) is 7.95. The Bertz CT molecular complexity index is 451. The minimum atomic E-state index is -0.0840. The van der Waals surface area contributed by atoms with Gasteiger partial charge in [0.25, 0.3) is 0 Å². The molecule has 1 N–H and O–H groups in total. The molecule has 0 amide bonds.